The second kappa shape index (κ2) is 11.0. The van der Waals surface area contributed by atoms with E-state index in [0.29, 0.717) is 24.0 Å². The second-order valence-electron chi connectivity index (χ2n) is 12.9. The van der Waals surface area contributed by atoms with E-state index in [4.69, 9.17) is 9.40 Å². The van der Waals surface area contributed by atoms with Crippen molar-refractivity contribution in [1.29, 1.82) is 0 Å². The highest BCUT2D eigenvalue weighted by molar-refractivity contribution is 5.96. The van der Waals surface area contributed by atoms with E-state index < -0.39 is 5.82 Å². The Morgan fingerprint density at radius 1 is 1.00 bits per heavy atom. The maximum atomic E-state index is 15.0. The minimum Gasteiger partial charge on any atom is -0.440 e. The molecule has 5 nitrogen and oxygen atoms in total. The SMILES string of the molecule is Cc1cccc(F)c1C(=O)N1CCC[C@H](c2nc3cc(C(C)(C)C)ccc3o2)[C@@H]1c1ccc(NC2CCCC2)cc1. The molecule has 6 rings (SSSR count). The van der Waals surface area contributed by atoms with Crippen molar-refractivity contribution in [2.75, 3.05) is 11.9 Å². The summed E-state index contributed by atoms with van der Waals surface area (Å²) in [5.41, 5.74) is 5.65. The molecule has 1 aliphatic carbocycles. The summed E-state index contributed by atoms with van der Waals surface area (Å²) in [5, 5.41) is 3.66. The van der Waals surface area contributed by atoms with Gasteiger partial charge in [0.1, 0.15) is 11.3 Å². The molecule has 0 unspecified atom stereocenters. The fourth-order valence-corrected chi connectivity index (χ4v) is 6.59. The molecular formula is C35H40FN3O2. The molecule has 41 heavy (non-hydrogen) atoms. The summed E-state index contributed by atoms with van der Waals surface area (Å²) in [5.74, 6) is -0.288. The largest absolute Gasteiger partial charge is 0.440 e. The third-order valence-electron chi connectivity index (χ3n) is 8.89. The van der Waals surface area contributed by atoms with Gasteiger partial charge in [0.25, 0.3) is 5.91 Å². The normalized spacial score (nSPS) is 20.1. The van der Waals surface area contributed by atoms with Gasteiger partial charge in [-0.3, -0.25) is 4.79 Å². The fourth-order valence-electron chi connectivity index (χ4n) is 6.59. The van der Waals surface area contributed by atoms with Crippen LogP contribution >= 0.6 is 0 Å². The van der Waals surface area contributed by atoms with Crippen molar-refractivity contribution >= 4 is 22.7 Å². The average molecular weight is 554 g/mol. The van der Waals surface area contributed by atoms with Crippen LogP contribution in [0.25, 0.3) is 11.1 Å². The molecule has 1 saturated carbocycles. The molecule has 2 fully saturated rings. The van der Waals surface area contributed by atoms with Crippen LogP contribution in [0, 0.1) is 12.7 Å². The van der Waals surface area contributed by atoms with Crippen LogP contribution in [0.1, 0.15) is 104 Å². The second-order valence-corrected chi connectivity index (χ2v) is 12.9. The van der Waals surface area contributed by atoms with E-state index in [2.05, 4.69) is 62.5 Å². The van der Waals surface area contributed by atoms with Crippen molar-refractivity contribution in [3.63, 3.8) is 0 Å². The molecule has 6 heteroatoms. The number of aryl methyl sites for hydroxylation is 1. The van der Waals surface area contributed by atoms with E-state index in [-0.39, 0.29) is 28.8 Å². The number of nitrogens with one attached hydrogen (secondary N) is 1. The zero-order chi connectivity index (χ0) is 28.7. The summed E-state index contributed by atoms with van der Waals surface area (Å²) in [7, 11) is 0. The number of carbonyl (C=O) groups is 1. The Morgan fingerprint density at radius 2 is 1.76 bits per heavy atom. The van der Waals surface area contributed by atoms with Crippen LogP contribution in [0.3, 0.4) is 0 Å². The first-order valence-corrected chi connectivity index (χ1v) is 15.0. The van der Waals surface area contributed by atoms with Crippen LogP contribution in [0.4, 0.5) is 10.1 Å². The Morgan fingerprint density at radius 3 is 2.46 bits per heavy atom. The van der Waals surface area contributed by atoms with E-state index in [1.165, 1.54) is 37.3 Å². The van der Waals surface area contributed by atoms with Gasteiger partial charge >= 0.3 is 0 Å². The van der Waals surface area contributed by atoms with Gasteiger partial charge in [-0.25, -0.2) is 9.37 Å². The number of likely N-dealkylation sites (tertiary alicyclic amines) is 1. The molecule has 4 aromatic rings. The van der Waals surface area contributed by atoms with Crippen molar-refractivity contribution in [2.24, 2.45) is 0 Å². The Bertz CT molecular complexity index is 1530. The molecule has 214 valence electrons. The minimum absolute atomic E-state index is 0.00418. The standard InChI is InChI=1S/C35H40FN3O2/c1-22-9-7-13-28(36)31(22)34(40)39-20-8-12-27(33-38-29-21-24(35(2,3)4)16-19-30(29)41-33)32(39)23-14-17-26(18-15-23)37-25-10-5-6-11-25/h7,9,13-19,21,25,27,32,37H,5-6,8,10-12,20H2,1-4H3/t27-,32-/m0/s1. The van der Waals surface area contributed by atoms with Crippen molar-refractivity contribution < 1.29 is 13.6 Å². The van der Waals surface area contributed by atoms with Gasteiger partial charge in [0.05, 0.1) is 17.5 Å². The quantitative estimate of drug-likeness (QED) is 0.269. The van der Waals surface area contributed by atoms with E-state index in [9.17, 15) is 4.79 Å². The molecular weight excluding hydrogens is 513 g/mol. The highest BCUT2D eigenvalue weighted by Crippen LogP contribution is 2.44. The lowest BCUT2D eigenvalue weighted by molar-refractivity contribution is 0.0547. The predicted octanol–water partition coefficient (Wildman–Crippen LogP) is 8.69. The van der Waals surface area contributed by atoms with Gasteiger partial charge < -0.3 is 14.6 Å². The van der Waals surface area contributed by atoms with E-state index in [0.717, 1.165) is 35.2 Å². The van der Waals surface area contributed by atoms with E-state index in [1.807, 2.05) is 11.0 Å². The number of hydrogen-bond acceptors (Lipinski definition) is 4. The number of carbonyl (C=O) groups excluding carboxylic acids is 1. The average Bonchev–Trinajstić information content (AvgIpc) is 3.62. The maximum absolute atomic E-state index is 15.0. The molecule has 3 aromatic carbocycles. The summed E-state index contributed by atoms with van der Waals surface area (Å²) >= 11 is 0. The Labute approximate surface area is 242 Å². The third-order valence-corrected chi connectivity index (χ3v) is 8.89. The zero-order valence-corrected chi connectivity index (χ0v) is 24.5. The Hall–Kier alpha value is -3.67. The van der Waals surface area contributed by atoms with Gasteiger partial charge in [0.15, 0.2) is 5.58 Å². The number of fused-ring (bicyclic) bond motifs is 1. The van der Waals surface area contributed by atoms with Gasteiger partial charge in [0.2, 0.25) is 5.89 Å². The van der Waals surface area contributed by atoms with Crippen LogP contribution in [-0.2, 0) is 5.41 Å². The van der Waals surface area contributed by atoms with Crippen LogP contribution < -0.4 is 5.32 Å². The number of oxazole rings is 1. The molecule has 2 aliphatic rings. The minimum atomic E-state index is -0.483. The number of halogens is 1. The highest BCUT2D eigenvalue weighted by Gasteiger charge is 2.40. The van der Waals surface area contributed by atoms with E-state index in [1.54, 1.807) is 19.1 Å². The molecule has 1 saturated heterocycles. The van der Waals surface area contributed by atoms with Crippen molar-refractivity contribution in [1.82, 2.24) is 9.88 Å². The van der Waals surface area contributed by atoms with Crippen molar-refractivity contribution in [3.05, 3.63) is 94.6 Å². The number of amides is 1. The summed E-state index contributed by atoms with van der Waals surface area (Å²) in [6.07, 6.45) is 6.55. The summed E-state index contributed by atoms with van der Waals surface area (Å²) in [6.45, 7) is 8.90. The highest BCUT2D eigenvalue weighted by atomic mass is 19.1. The smallest absolute Gasteiger partial charge is 0.257 e. The van der Waals surface area contributed by atoms with Gasteiger partial charge in [-0.1, -0.05) is 63.9 Å². The number of nitrogens with zero attached hydrogens (tertiary/aromatic N) is 2. The first-order chi connectivity index (χ1) is 19.7. The number of rotatable bonds is 5. The first kappa shape index (κ1) is 27.5. The molecule has 0 radical (unpaired) electrons. The lowest BCUT2D eigenvalue weighted by Gasteiger charge is -2.41. The molecule has 1 N–H and O–H groups in total. The number of piperidine rings is 1. The summed E-state index contributed by atoms with van der Waals surface area (Å²) in [6, 6.07) is 19.6. The number of anilines is 1. The fraction of sp³-hybridized carbons (Fsp3) is 0.429. The lowest BCUT2D eigenvalue weighted by atomic mass is 9.83. The Kier molecular flexibility index (Phi) is 7.35. The third kappa shape index (κ3) is 5.49. The molecule has 0 spiro atoms. The maximum Gasteiger partial charge on any atom is 0.257 e. The molecule has 0 bridgehead atoms. The van der Waals surface area contributed by atoms with Gasteiger partial charge in [-0.05, 0) is 85.0 Å². The zero-order valence-electron chi connectivity index (χ0n) is 24.5. The van der Waals surface area contributed by atoms with Gasteiger partial charge in [-0.15, -0.1) is 0 Å². The van der Waals surface area contributed by atoms with Crippen LogP contribution in [-0.4, -0.2) is 28.4 Å². The monoisotopic (exact) mass is 553 g/mol. The predicted molar refractivity (Wildman–Crippen MR) is 162 cm³/mol. The summed E-state index contributed by atoms with van der Waals surface area (Å²) in [4.78, 5) is 20.9. The summed E-state index contributed by atoms with van der Waals surface area (Å²) < 4.78 is 21.4. The first-order valence-electron chi connectivity index (χ1n) is 15.0. The molecule has 1 amide bonds. The molecule has 1 aromatic heterocycles. The Balaban J connectivity index is 1.40. The number of hydrogen-bond donors (Lipinski definition) is 1. The van der Waals surface area contributed by atoms with E-state index >= 15 is 4.39 Å². The van der Waals surface area contributed by atoms with Crippen LogP contribution in [0.5, 0.6) is 0 Å². The lowest BCUT2D eigenvalue weighted by Crippen LogP contribution is -2.42. The molecule has 2 heterocycles. The van der Waals surface area contributed by atoms with Crippen molar-refractivity contribution in [3.8, 4) is 0 Å². The van der Waals surface area contributed by atoms with Crippen molar-refractivity contribution in [2.45, 2.75) is 89.6 Å². The topological polar surface area (TPSA) is 58.4 Å². The number of aromatic nitrogens is 1. The van der Waals surface area contributed by atoms with Gasteiger partial charge in [-0.2, -0.15) is 0 Å². The molecule has 1 aliphatic heterocycles. The van der Waals surface area contributed by atoms with Crippen LogP contribution in [0.2, 0.25) is 0 Å². The van der Waals surface area contributed by atoms with Crippen LogP contribution in [0.15, 0.2) is 65.1 Å². The van der Waals surface area contributed by atoms with Gasteiger partial charge in [0, 0.05) is 18.3 Å². The number of benzene rings is 3. The molecule has 2 atom stereocenters.